The Balaban J connectivity index is 1.64. The van der Waals surface area contributed by atoms with E-state index >= 15 is 0 Å². The highest BCUT2D eigenvalue weighted by Gasteiger charge is 2.16. The summed E-state index contributed by atoms with van der Waals surface area (Å²) in [6.45, 7) is 7.32. The minimum Gasteiger partial charge on any atom is -0.393 e. The minimum atomic E-state index is -0.0417. The molecule has 0 aromatic carbocycles. The first-order valence-electron chi connectivity index (χ1n) is 6.97. The van der Waals surface area contributed by atoms with Crippen LogP contribution < -0.4 is 0 Å². The number of hydrogen-bond donors (Lipinski definition) is 1. The average Bonchev–Trinajstić information content (AvgIpc) is 2.53. The van der Waals surface area contributed by atoms with Crippen LogP contribution in [0.1, 0.15) is 38.5 Å². The molecule has 0 saturated carbocycles. The highest BCUT2D eigenvalue weighted by molar-refractivity contribution is 4.71. The molecule has 2 saturated heterocycles. The second kappa shape index (κ2) is 6.58. The van der Waals surface area contributed by atoms with E-state index in [9.17, 15) is 5.11 Å². The molecule has 0 bridgehead atoms. The molecule has 94 valence electrons. The van der Waals surface area contributed by atoms with Crippen molar-refractivity contribution in [3.8, 4) is 0 Å². The quantitative estimate of drug-likeness (QED) is 0.786. The molecule has 0 aromatic rings. The molecule has 2 aliphatic rings. The summed E-state index contributed by atoms with van der Waals surface area (Å²) in [4.78, 5) is 5.13. The molecule has 0 spiro atoms. The van der Waals surface area contributed by atoms with Crippen LogP contribution in [0, 0.1) is 0 Å². The van der Waals surface area contributed by atoms with Crippen molar-refractivity contribution in [1.82, 2.24) is 9.80 Å². The van der Waals surface area contributed by atoms with Gasteiger partial charge in [-0.3, -0.25) is 0 Å². The van der Waals surface area contributed by atoms with Gasteiger partial charge in [0.1, 0.15) is 0 Å². The summed E-state index contributed by atoms with van der Waals surface area (Å²) >= 11 is 0. The summed E-state index contributed by atoms with van der Waals surface area (Å²) in [5, 5.41) is 9.59. The predicted octanol–water partition coefficient (Wildman–Crippen LogP) is 1.32. The Morgan fingerprint density at radius 1 is 0.750 bits per heavy atom. The third kappa shape index (κ3) is 4.04. The van der Waals surface area contributed by atoms with E-state index in [4.69, 9.17) is 0 Å². The van der Waals surface area contributed by atoms with Gasteiger partial charge in [0.05, 0.1) is 6.10 Å². The van der Waals surface area contributed by atoms with Gasteiger partial charge >= 0.3 is 0 Å². The van der Waals surface area contributed by atoms with E-state index in [-0.39, 0.29) is 6.10 Å². The smallest absolute Gasteiger partial charge is 0.0553 e. The third-order valence-corrected chi connectivity index (χ3v) is 3.97. The van der Waals surface area contributed by atoms with Gasteiger partial charge in [0.15, 0.2) is 0 Å². The van der Waals surface area contributed by atoms with Crippen molar-refractivity contribution in [3.63, 3.8) is 0 Å². The third-order valence-electron chi connectivity index (χ3n) is 3.97. The molecule has 0 aromatic heterocycles. The zero-order valence-electron chi connectivity index (χ0n) is 10.4. The molecule has 3 heteroatoms. The Morgan fingerprint density at radius 2 is 1.38 bits per heavy atom. The summed E-state index contributed by atoms with van der Waals surface area (Å²) in [6, 6.07) is 0. The first-order valence-corrected chi connectivity index (χ1v) is 6.97. The lowest BCUT2D eigenvalue weighted by Crippen LogP contribution is -2.38. The van der Waals surface area contributed by atoms with Crippen LogP contribution in [0.25, 0.3) is 0 Å². The maximum atomic E-state index is 9.59. The molecule has 16 heavy (non-hydrogen) atoms. The van der Waals surface area contributed by atoms with Gasteiger partial charge < -0.3 is 14.9 Å². The predicted molar refractivity (Wildman–Crippen MR) is 66.6 cm³/mol. The summed E-state index contributed by atoms with van der Waals surface area (Å²) < 4.78 is 0. The van der Waals surface area contributed by atoms with E-state index in [1.54, 1.807) is 0 Å². The van der Waals surface area contributed by atoms with Crippen molar-refractivity contribution in [3.05, 3.63) is 0 Å². The van der Waals surface area contributed by atoms with Gasteiger partial charge in [-0.15, -0.1) is 0 Å². The molecule has 2 heterocycles. The van der Waals surface area contributed by atoms with E-state index in [2.05, 4.69) is 9.80 Å². The summed E-state index contributed by atoms with van der Waals surface area (Å²) in [5.41, 5.74) is 0. The maximum absolute atomic E-state index is 9.59. The van der Waals surface area contributed by atoms with Crippen molar-refractivity contribution >= 4 is 0 Å². The van der Waals surface area contributed by atoms with Crippen LogP contribution >= 0.6 is 0 Å². The van der Waals surface area contributed by atoms with Crippen LogP contribution in [0.4, 0.5) is 0 Å². The van der Waals surface area contributed by atoms with Gasteiger partial charge in [0, 0.05) is 19.6 Å². The number of hydrogen-bond acceptors (Lipinski definition) is 3. The minimum absolute atomic E-state index is 0.0417. The second-order valence-corrected chi connectivity index (χ2v) is 5.33. The normalized spacial score (nSPS) is 30.2. The average molecular weight is 226 g/mol. The number of piperidine rings is 1. The van der Waals surface area contributed by atoms with E-state index in [1.807, 2.05) is 0 Å². The van der Waals surface area contributed by atoms with Gasteiger partial charge in [-0.1, -0.05) is 6.42 Å². The van der Waals surface area contributed by atoms with Gasteiger partial charge in [-0.05, 0) is 51.7 Å². The number of rotatable bonds is 3. The van der Waals surface area contributed by atoms with E-state index in [0.29, 0.717) is 0 Å². The fraction of sp³-hybridized carbons (Fsp3) is 1.00. The highest BCUT2D eigenvalue weighted by Crippen LogP contribution is 2.12. The lowest BCUT2D eigenvalue weighted by molar-refractivity contribution is 0.150. The Kier molecular flexibility index (Phi) is 5.07. The summed E-state index contributed by atoms with van der Waals surface area (Å²) in [7, 11) is 0. The lowest BCUT2D eigenvalue weighted by Gasteiger charge is -2.29. The highest BCUT2D eigenvalue weighted by atomic mass is 16.3. The zero-order chi connectivity index (χ0) is 11.2. The number of likely N-dealkylation sites (tertiary alicyclic amines) is 2. The van der Waals surface area contributed by atoms with Crippen LogP contribution in [0.15, 0.2) is 0 Å². The van der Waals surface area contributed by atoms with E-state index in [1.165, 1.54) is 58.4 Å². The van der Waals surface area contributed by atoms with E-state index < -0.39 is 0 Å². The number of aliphatic hydroxyl groups is 1. The van der Waals surface area contributed by atoms with Crippen LogP contribution in [0.5, 0.6) is 0 Å². The largest absolute Gasteiger partial charge is 0.393 e. The molecule has 0 amide bonds. The van der Waals surface area contributed by atoms with Crippen molar-refractivity contribution in [2.24, 2.45) is 0 Å². The summed E-state index contributed by atoms with van der Waals surface area (Å²) in [5.74, 6) is 0. The topological polar surface area (TPSA) is 26.7 Å². The van der Waals surface area contributed by atoms with Crippen molar-refractivity contribution in [2.45, 2.75) is 44.6 Å². The molecular formula is C13H26N2O. The molecule has 2 rings (SSSR count). The van der Waals surface area contributed by atoms with Crippen LogP contribution in [0.2, 0.25) is 0 Å². The molecule has 2 fully saturated rings. The molecule has 0 radical (unpaired) electrons. The van der Waals surface area contributed by atoms with Gasteiger partial charge in [0.25, 0.3) is 0 Å². The Hall–Kier alpha value is -0.120. The van der Waals surface area contributed by atoms with Gasteiger partial charge in [-0.2, -0.15) is 0 Å². The molecule has 1 atom stereocenters. The summed E-state index contributed by atoms with van der Waals surface area (Å²) in [6.07, 6.45) is 7.30. The maximum Gasteiger partial charge on any atom is 0.0553 e. The lowest BCUT2D eigenvalue weighted by atomic mass is 10.1. The monoisotopic (exact) mass is 226 g/mol. The fourth-order valence-electron chi connectivity index (χ4n) is 2.83. The second-order valence-electron chi connectivity index (χ2n) is 5.33. The van der Waals surface area contributed by atoms with Crippen LogP contribution in [0.3, 0.4) is 0 Å². The van der Waals surface area contributed by atoms with Crippen molar-refractivity contribution < 1.29 is 5.11 Å². The Bertz CT molecular complexity index is 192. The number of aliphatic hydroxyl groups excluding tert-OH is 1. The molecule has 0 aliphatic carbocycles. The fourth-order valence-corrected chi connectivity index (χ4v) is 2.83. The molecule has 3 nitrogen and oxygen atoms in total. The van der Waals surface area contributed by atoms with Crippen LogP contribution in [-0.4, -0.2) is 60.3 Å². The zero-order valence-corrected chi connectivity index (χ0v) is 10.4. The Morgan fingerprint density at radius 3 is 2.12 bits per heavy atom. The van der Waals surface area contributed by atoms with Crippen molar-refractivity contribution in [1.29, 1.82) is 0 Å². The molecular weight excluding hydrogens is 200 g/mol. The van der Waals surface area contributed by atoms with Crippen LogP contribution in [-0.2, 0) is 0 Å². The first-order chi connectivity index (χ1) is 7.84. The number of nitrogens with zero attached hydrogens (tertiary/aromatic N) is 2. The molecule has 1 unspecified atom stereocenters. The SMILES string of the molecule is OC1CCCN(CCN2CCCCC2)CC1. The van der Waals surface area contributed by atoms with E-state index in [0.717, 1.165) is 19.4 Å². The standard InChI is InChI=1S/C13H26N2O/c16-13-5-4-9-15(10-6-13)12-11-14-7-2-1-3-8-14/h13,16H,1-12H2. The Labute approximate surface area is 99.4 Å². The van der Waals surface area contributed by atoms with Gasteiger partial charge in [-0.25, -0.2) is 0 Å². The molecule has 1 N–H and O–H groups in total. The van der Waals surface area contributed by atoms with Crippen molar-refractivity contribution in [2.75, 3.05) is 39.3 Å². The molecule has 2 aliphatic heterocycles. The first kappa shape index (κ1) is 12.3. The van der Waals surface area contributed by atoms with Gasteiger partial charge in [0.2, 0.25) is 0 Å².